The fourth-order valence-corrected chi connectivity index (χ4v) is 3.55. The van der Waals surface area contributed by atoms with Gasteiger partial charge in [0, 0.05) is 5.41 Å². The molecule has 0 unspecified atom stereocenters. The van der Waals surface area contributed by atoms with Crippen LogP contribution in [0.1, 0.15) is 48.6 Å². The van der Waals surface area contributed by atoms with Crippen LogP contribution in [0.4, 0.5) is 0 Å². The molecule has 0 spiro atoms. The second-order valence-electron chi connectivity index (χ2n) is 8.08. The van der Waals surface area contributed by atoms with Crippen LogP contribution in [0.15, 0.2) is 47.9 Å². The Morgan fingerprint density at radius 2 is 1.66 bits per heavy atom. The molecule has 0 saturated carbocycles. The van der Waals surface area contributed by atoms with E-state index in [-0.39, 0.29) is 12.0 Å². The summed E-state index contributed by atoms with van der Waals surface area (Å²) in [6.07, 6.45) is 1.47. The van der Waals surface area contributed by atoms with Crippen molar-refractivity contribution in [3.8, 4) is 0 Å². The standard InChI is InChI=1S/C23H29NO4S/c1-17-13-20(23(3,4)5)14-18(2)21(17)16-28-22(25)15-24-29(26,27)12-11-19-9-7-6-8-10-19/h6-14,24H,15-16H2,1-5H3/b12-11+. The fraction of sp³-hybridized carbons (Fsp3) is 0.348. The van der Waals surface area contributed by atoms with Crippen molar-refractivity contribution in [2.24, 2.45) is 0 Å². The number of benzene rings is 2. The van der Waals surface area contributed by atoms with Crippen LogP contribution >= 0.6 is 0 Å². The number of hydrogen-bond donors (Lipinski definition) is 1. The highest BCUT2D eigenvalue weighted by Crippen LogP contribution is 2.27. The molecule has 156 valence electrons. The molecule has 29 heavy (non-hydrogen) atoms. The first-order chi connectivity index (χ1) is 13.5. The lowest BCUT2D eigenvalue weighted by atomic mass is 9.84. The van der Waals surface area contributed by atoms with Crippen molar-refractivity contribution < 1.29 is 17.9 Å². The lowest BCUT2D eigenvalue weighted by Gasteiger charge is -2.22. The normalized spacial score (nSPS) is 12.3. The maximum Gasteiger partial charge on any atom is 0.321 e. The van der Waals surface area contributed by atoms with Crippen LogP contribution < -0.4 is 4.72 Å². The number of ether oxygens (including phenoxy) is 1. The maximum absolute atomic E-state index is 12.0. The number of rotatable bonds is 7. The van der Waals surface area contributed by atoms with E-state index in [0.29, 0.717) is 0 Å². The monoisotopic (exact) mass is 415 g/mol. The number of aryl methyl sites for hydroxylation is 2. The van der Waals surface area contributed by atoms with Gasteiger partial charge in [-0.2, -0.15) is 0 Å². The molecule has 0 fully saturated rings. The summed E-state index contributed by atoms with van der Waals surface area (Å²) in [5.41, 5.74) is 5.06. The number of nitrogens with one attached hydrogen (secondary N) is 1. The zero-order valence-electron chi connectivity index (χ0n) is 17.7. The molecular weight excluding hydrogens is 386 g/mol. The molecule has 0 aliphatic carbocycles. The Labute approximate surface area is 173 Å². The van der Waals surface area contributed by atoms with Gasteiger partial charge in [-0.1, -0.05) is 63.2 Å². The number of carbonyl (C=O) groups excluding carboxylic acids is 1. The van der Waals surface area contributed by atoms with Crippen molar-refractivity contribution in [3.63, 3.8) is 0 Å². The summed E-state index contributed by atoms with van der Waals surface area (Å²) in [7, 11) is -3.73. The minimum absolute atomic E-state index is 0.0380. The topological polar surface area (TPSA) is 72.5 Å². The third-order valence-corrected chi connectivity index (χ3v) is 5.64. The van der Waals surface area contributed by atoms with Gasteiger partial charge < -0.3 is 4.74 Å². The summed E-state index contributed by atoms with van der Waals surface area (Å²) in [6.45, 7) is 10.1. The van der Waals surface area contributed by atoms with Crippen molar-refractivity contribution in [3.05, 3.63) is 75.7 Å². The molecule has 2 aromatic rings. The van der Waals surface area contributed by atoms with Crippen molar-refractivity contribution in [2.75, 3.05) is 6.54 Å². The number of sulfonamides is 1. The van der Waals surface area contributed by atoms with Gasteiger partial charge in [-0.3, -0.25) is 4.79 Å². The largest absolute Gasteiger partial charge is 0.460 e. The van der Waals surface area contributed by atoms with Crippen LogP contribution in [-0.2, 0) is 31.6 Å². The van der Waals surface area contributed by atoms with Crippen LogP contribution in [0.5, 0.6) is 0 Å². The summed E-state index contributed by atoms with van der Waals surface area (Å²) in [6, 6.07) is 13.3. The predicted octanol–water partition coefficient (Wildman–Crippen LogP) is 4.23. The van der Waals surface area contributed by atoms with Crippen LogP contribution in [-0.4, -0.2) is 20.9 Å². The Morgan fingerprint density at radius 1 is 1.07 bits per heavy atom. The Kier molecular flexibility index (Phi) is 7.38. The second kappa shape index (κ2) is 9.37. The van der Waals surface area contributed by atoms with Crippen LogP contribution in [0.3, 0.4) is 0 Å². The zero-order valence-corrected chi connectivity index (χ0v) is 18.5. The molecule has 2 aromatic carbocycles. The lowest BCUT2D eigenvalue weighted by Crippen LogP contribution is -2.29. The molecule has 0 amide bonds. The van der Waals surface area contributed by atoms with E-state index in [1.54, 1.807) is 12.1 Å². The van der Waals surface area contributed by atoms with Gasteiger partial charge in [-0.05, 0) is 53.2 Å². The van der Waals surface area contributed by atoms with E-state index < -0.39 is 22.5 Å². The predicted molar refractivity (Wildman–Crippen MR) is 117 cm³/mol. The highest BCUT2D eigenvalue weighted by atomic mass is 32.2. The Bertz CT molecular complexity index is 964. The van der Waals surface area contributed by atoms with E-state index >= 15 is 0 Å². The number of esters is 1. The summed E-state index contributed by atoms with van der Waals surface area (Å²) in [5, 5.41) is 1.04. The third kappa shape index (κ3) is 7.15. The Balaban J connectivity index is 1.92. The van der Waals surface area contributed by atoms with Gasteiger partial charge in [0.2, 0.25) is 10.0 Å². The average Bonchev–Trinajstić information content (AvgIpc) is 2.64. The summed E-state index contributed by atoms with van der Waals surface area (Å²) in [4.78, 5) is 12.0. The van der Waals surface area contributed by atoms with E-state index in [2.05, 4.69) is 37.6 Å². The molecule has 5 nitrogen and oxygen atoms in total. The number of carbonyl (C=O) groups is 1. The van der Waals surface area contributed by atoms with Crippen molar-refractivity contribution >= 4 is 22.1 Å². The molecule has 0 aliphatic heterocycles. The van der Waals surface area contributed by atoms with Crippen LogP contribution in [0.2, 0.25) is 0 Å². The third-order valence-electron chi connectivity index (χ3n) is 4.60. The maximum atomic E-state index is 12.0. The minimum Gasteiger partial charge on any atom is -0.460 e. The molecule has 0 bridgehead atoms. The van der Waals surface area contributed by atoms with Crippen molar-refractivity contribution in [1.82, 2.24) is 4.72 Å². The minimum atomic E-state index is -3.73. The summed E-state index contributed by atoms with van der Waals surface area (Å²) in [5.74, 6) is -0.625. The van der Waals surface area contributed by atoms with Gasteiger partial charge in [0.1, 0.15) is 13.2 Å². The molecule has 6 heteroatoms. The second-order valence-corrected chi connectivity index (χ2v) is 9.73. The van der Waals surface area contributed by atoms with Gasteiger partial charge >= 0.3 is 5.97 Å². The van der Waals surface area contributed by atoms with Crippen LogP contribution in [0.25, 0.3) is 6.08 Å². The van der Waals surface area contributed by atoms with Gasteiger partial charge in [0.15, 0.2) is 0 Å². The van der Waals surface area contributed by atoms with Crippen molar-refractivity contribution in [1.29, 1.82) is 0 Å². The number of hydrogen-bond acceptors (Lipinski definition) is 4. The van der Waals surface area contributed by atoms with Crippen molar-refractivity contribution in [2.45, 2.75) is 46.6 Å². The van der Waals surface area contributed by atoms with Gasteiger partial charge in [0.25, 0.3) is 0 Å². The first-order valence-corrected chi connectivity index (χ1v) is 11.0. The van der Waals surface area contributed by atoms with Gasteiger partial charge in [0.05, 0.1) is 0 Å². The first kappa shape index (κ1) is 22.8. The van der Waals surface area contributed by atoms with E-state index in [4.69, 9.17) is 4.74 Å². The Hall–Kier alpha value is -2.44. The fourth-order valence-electron chi connectivity index (χ4n) is 2.80. The molecular formula is C23H29NO4S. The summed E-state index contributed by atoms with van der Waals surface area (Å²) >= 11 is 0. The molecule has 0 saturated heterocycles. The molecule has 1 N–H and O–H groups in total. The molecule has 0 aromatic heterocycles. The lowest BCUT2D eigenvalue weighted by molar-refractivity contribution is -0.143. The van der Waals surface area contributed by atoms with E-state index in [9.17, 15) is 13.2 Å². The first-order valence-electron chi connectivity index (χ1n) is 9.47. The molecule has 0 aliphatic rings. The molecule has 0 atom stereocenters. The van der Waals surface area contributed by atoms with Crippen LogP contribution in [0, 0.1) is 13.8 Å². The summed E-state index contributed by atoms with van der Waals surface area (Å²) < 4.78 is 31.6. The SMILES string of the molecule is Cc1cc(C(C)(C)C)cc(C)c1COC(=O)CNS(=O)(=O)/C=C/c1ccccc1. The van der Waals surface area contributed by atoms with E-state index in [1.165, 1.54) is 11.6 Å². The molecule has 0 radical (unpaired) electrons. The average molecular weight is 416 g/mol. The van der Waals surface area contributed by atoms with Gasteiger partial charge in [-0.25, -0.2) is 13.1 Å². The van der Waals surface area contributed by atoms with E-state index in [1.807, 2.05) is 32.0 Å². The Morgan fingerprint density at radius 3 is 2.21 bits per heavy atom. The van der Waals surface area contributed by atoms with Gasteiger partial charge in [-0.15, -0.1) is 0 Å². The molecule has 2 rings (SSSR count). The highest BCUT2D eigenvalue weighted by Gasteiger charge is 2.17. The quantitative estimate of drug-likeness (QED) is 0.687. The zero-order chi connectivity index (χ0) is 21.7. The smallest absolute Gasteiger partial charge is 0.321 e. The molecule has 0 heterocycles. The van der Waals surface area contributed by atoms with E-state index in [0.717, 1.165) is 27.7 Å². The highest BCUT2D eigenvalue weighted by molar-refractivity contribution is 7.92.